The molecule has 4 heteroatoms. The first kappa shape index (κ1) is 13.3. The Morgan fingerprint density at radius 2 is 1.94 bits per heavy atom. The zero-order valence-corrected chi connectivity index (χ0v) is 10.7. The maximum Gasteiger partial charge on any atom is 0.410 e. The summed E-state index contributed by atoms with van der Waals surface area (Å²) in [5.41, 5.74) is 0. The Bertz CT molecular complexity index is 228. The van der Waals surface area contributed by atoms with Crippen molar-refractivity contribution in [2.75, 3.05) is 19.8 Å². The lowest BCUT2D eigenvalue weighted by atomic mass is 10.1. The second kappa shape index (κ2) is 6.09. The smallest absolute Gasteiger partial charge is 0.410 e. The Hall–Kier alpha value is -0.770. The maximum atomic E-state index is 11.7. The highest BCUT2D eigenvalue weighted by atomic mass is 16.6. The quantitative estimate of drug-likeness (QED) is 0.692. The largest absolute Gasteiger partial charge is 0.441 e. The third-order valence-electron chi connectivity index (χ3n) is 2.89. The first-order chi connectivity index (χ1) is 7.66. The normalized spacial score (nSPS) is 29.1. The summed E-state index contributed by atoms with van der Waals surface area (Å²) in [7, 11) is 0. The zero-order valence-electron chi connectivity index (χ0n) is 10.7. The van der Waals surface area contributed by atoms with E-state index in [-0.39, 0.29) is 12.2 Å². The van der Waals surface area contributed by atoms with Gasteiger partial charge in [0.15, 0.2) is 6.10 Å². The number of carbonyl (C=O) groups is 1. The van der Waals surface area contributed by atoms with Crippen molar-refractivity contribution in [1.82, 2.24) is 4.90 Å². The van der Waals surface area contributed by atoms with E-state index in [0.717, 1.165) is 13.0 Å². The summed E-state index contributed by atoms with van der Waals surface area (Å²) in [6, 6.07) is 0.318. The molecule has 0 aromatic heterocycles. The van der Waals surface area contributed by atoms with E-state index in [1.54, 1.807) is 0 Å². The van der Waals surface area contributed by atoms with E-state index in [4.69, 9.17) is 9.47 Å². The number of nitrogens with zero attached hydrogens (tertiary/aromatic N) is 1. The summed E-state index contributed by atoms with van der Waals surface area (Å²) in [6.45, 7) is 10.2. The molecule has 0 aromatic carbocycles. The zero-order chi connectivity index (χ0) is 12.1. The minimum atomic E-state index is -0.171. The second-order valence-electron chi connectivity index (χ2n) is 4.39. The molecular formula is C12H23NO3. The van der Waals surface area contributed by atoms with Gasteiger partial charge in [-0.05, 0) is 19.3 Å². The topological polar surface area (TPSA) is 38.8 Å². The molecule has 2 fully saturated rings. The predicted octanol–water partition coefficient (Wildman–Crippen LogP) is 2.28. The Morgan fingerprint density at radius 1 is 1.31 bits per heavy atom. The molecule has 2 saturated heterocycles. The summed E-state index contributed by atoms with van der Waals surface area (Å²) < 4.78 is 10.2. The van der Waals surface area contributed by atoms with Crippen molar-refractivity contribution in [3.8, 4) is 0 Å². The molecule has 0 radical (unpaired) electrons. The Kier molecular flexibility index (Phi) is 5.06. The summed E-state index contributed by atoms with van der Waals surface area (Å²) in [4.78, 5) is 13.5. The van der Waals surface area contributed by atoms with E-state index in [9.17, 15) is 4.79 Å². The summed E-state index contributed by atoms with van der Waals surface area (Å²) in [6.07, 6.45) is 0.900. The van der Waals surface area contributed by atoms with Gasteiger partial charge < -0.3 is 14.4 Å². The third-order valence-corrected chi connectivity index (χ3v) is 2.89. The van der Waals surface area contributed by atoms with E-state index < -0.39 is 0 Å². The highest BCUT2D eigenvalue weighted by molar-refractivity contribution is 5.68. The van der Waals surface area contributed by atoms with Crippen molar-refractivity contribution in [2.45, 2.75) is 46.3 Å². The molecule has 2 unspecified atom stereocenters. The van der Waals surface area contributed by atoms with Crippen LogP contribution in [0.3, 0.4) is 0 Å². The minimum Gasteiger partial charge on any atom is -0.441 e. The monoisotopic (exact) mass is 229 g/mol. The number of ether oxygens (including phenoxy) is 2. The van der Waals surface area contributed by atoms with Crippen LogP contribution >= 0.6 is 0 Å². The van der Waals surface area contributed by atoms with Crippen LogP contribution in [0.2, 0.25) is 0 Å². The third kappa shape index (κ3) is 3.11. The van der Waals surface area contributed by atoms with Crippen LogP contribution in [0.25, 0.3) is 0 Å². The van der Waals surface area contributed by atoms with Crippen molar-refractivity contribution >= 4 is 6.09 Å². The number of likely N-dealkylation sites (tertiary alicyclic amines) is 1. The first-order valence-corrected chi connectivity index (χ1v) is 6.22. The van der Waals surface area contributed by atoms with E-state index >= 15 is 0 Å². The van der Waals surface area contributed by atoms with Crippen molar-refractivity contribution in [3.05, 3.63) is 0 Å². The van der Waals surface area contributed by atoms with Gasteiger partial charge in [-0.25, -0.2) is 4.79 Å². The van der Waals surface area contributed by atoms with Crippen molar-refractivity contribution in [3.63, 3.8) is 0 Å². The SMILES string of the molecule is CC.CC1CC(C)N(C(=O)OC2COC2)C1. The van der Waals surface area contributed by atoms with Crippen molar-refractivity contribution in [1.29, 1.82) is 0 Å². The highest BCUT2D eigenvalue weighted by Gasteiger charge is 2.33. The molecule has 0 aromatic rings. The molecule has 2 aliphatic rings. The van der Waals surface area contributed by atoms with Crippen LogP contribution in [0, 0.1) is 5.92 Å². The number of amides is 1. The fourth-order valence-electron chi connectivity index (χ4n) is 2.05. The fourth-order valence-corrected chi connectivity index (χ4v) is 2.05. The molecule has 0 aliphatic carbocycles. The van der Waals surface area contributed by atoms with E-state index in [1.165, 1.54) is 0 Å². The van der Waals surface area contributed by atoms with E-state index in [1.807, 2.05) is 18.7 Å². The Morgan fingerprint density at radius 3 is 2.31 bits per heavy atom. The average Bonchev–Trinajstić information content (AvgIpc) is 2.54. The molecule has 0 N–H and O–H groups in total. The second-order valence-corrected chi connectivity index (χ2v) is 4.39. The first-order valence-electron chi connectivity index (χ1n) is 6.22. The van der Waals surface area contributed by atoms with Gasteiger partial charge in [-0.3, -0.25) is 0 Å². The number of hydrogen-bond acceptors (Lipinski definition) is 3. The van der Waals surface area contributed by atoms with Crippen molar-refractivity contribution in [2.24, 2.45) is 5.92 Å². The Labute approximate surface area is 97.9 Å². The highest BCUT2D eigenvalue weighted by Crippen LogP contribution is 2.23. The molecule has 2 aliphatic heterocycles. The van der Waals surface area contributed by atoms with Crippen LogP contribution in [0.4, 0.5) is 4.79 Å². The molecule has 1 amide bonds. The van der Waals surface area contributed by atoms with Gasteiger partial charge in [0.05, 0.1) is 13.2 Å². The Balaban J connectivity index is 0.000000606. The summed E-state index contributed by atoms with van der Waals surface area (Å²) >= 11 is 0. The van der Waals surface area contributed by atoms with Gasteiger partial charge >= 0.3 is 6.09 Å². The number of carbonyl (C=O) groups excluding carboxylic acids is 1. The molecule has 0 bridgehead atoms. The molecule has 2 rings (SSSR count). The lowest BCUT2D eigenvalue weighted by Gasteiger charge is -2.29. The summed E-state index contributed by atoms with van der Waals surface area (Å²) in [5.74, 6) is 0.593. The molecule has 16 heavy (non-hydrogen) atoms. The van der Waals surface area contributed by atoms with Crippen LogP contribution in [0.5, 0.6) is 0 Å². The maximum absolute atomic E-state index is 11.7. The van der Waals surface area contributed by atoms with E-state index in [0.29, 0.717) is 25.2 Å². The lowest BCUT2D eigenvalue weighted by molar-refractivity contribution is -0.105. The molecule has 94 valence electrons. The molecule has 0 spiro atoms. The minimum absolute atomic E-state index is 0.00870. The van der Waals surface area contributed by atoms with Gasteiger partial charge in [0.25, 0.3) is 0 Å². The predicted molar refractivity (Wildman–Crippen MR) is 62.4 cm³/mol. The molecule has 4 nitrogen and oxygen atoms in total. The van der Waals surface area contributed by atoms with Gasteiger partial charge in [-0.15, -0.1) is 0 Å². The van der Waals surface area contributed by atoms with Crippen LogP contribution in [-0.2, 0) is 9.47 Å². The van der Waals surface area contributed by atoms with Crippen molar-refractivity contribution < 1.29 is 14.3 Å². The van der Waals surface area contributed by atoms with Gasteiger partial charge in [0.2, 0.25) is 0 Å². The van der Waals surface area contributed by atoms with Gasteiger partial charge in [-0.2, -0.15) is 0 Å². The summed E-state index contributed by atoms with van der Waals surface area (Å²) in [5, 5.41) is 0. The van der Waals surface area contributed by atoms with E-state index in [2.05, 4.69) is 13.8 Å². The fraction of sp³-hybridized carbons (Fsp3) is 0.917. The van der Waals surface area contributed by atoms with Crippen LogP contribution in [-0.4, -0.2) is 42.9 Å². The van der Waals surface area contributed by atoms with Crippen LogP contribution in [0.15, 0.2) is 0 Å². The average molecular weight is 229 g/mol. The van der Waals surface area contributed by atoms with Crippen LogP contribution in [0.1, 0.15) is 34.1 Å². The standard InChI is InChI=1S/C10H17NO3.C2H6/c1-7-3-8(2)11(4-7)10(12)14-9-5-13-6-9;1-2/h7-9H,3-6H2,1-2H3;1-2H3. The van der Waals surface area contributed by atoms with Gasteiger partial charge in [-0.1, -0.05) is 20.8 Å². The molecule has 2 heterocycles. The van der Waals surface area contributed by atoms with Gasteiger partial charge in [0.1, 0.15) is 0 Å². The number of hydrogen-bond donors (Lipinski definition) is 0. The number of rotatable bonds is 1. The molecule has 2 atom stereocenters. The molecular weight excluding hydrogens is 206 g/mol. The van der Waals surface area contributed by atoms with Gasteiger partial charge in [0, 0.05) is 12.6 Å². The van der Waals surface area contributed by atoms with Crippen LogP contribution < -0.4 is 0 Å². The lowest BCUT2D eigenvalue weighted by Crippen LogP contribution is -2.43. The molecule has 0 saturated carbocycles.